The van der Waals surface area contributed by atoms with Gasteiger partial charge in [0, 0.05) is 31.6 Å². The van der Waals surface area contributed by atoms with Crippen LogP contribution in [-0.4, -0.2) is 42.2 Å². The van der Waals surface area contributed by atoms with Gasteiger partial charge in [-0.1, -0.05) is 6.42 Å². The summed E-state index contributed by atoms with van der Waals surface area (Å²) in [5.41, 5.74) is 0. The van der Waals surface area contributed by atoms with Gasteiger partial charge in [-0.15, -0.1) is 0 Å². The van der Waals surface area contributed by atoms with Gasteiger partial charge in [-0.05, 0) is 33.6 Å². The van der Waals surface area contributed by atoms with Crippen LogP contribution < -0.4 is 0 Å². The molecule has 1 aliphatic rings. The average Bonchev–Trinajstić information content (AvgIpc) is 2.29. The molecule has 0 radical (unpaired) electrons. The van der Waals surface area contributed by atoms with Gasteiger partial charge in [-0.25, -0.2) is 0 Å². The van der Waals surface area contributed by atoms with E-state index in [1.54, 1.807) is 4.31 Å². The third-order valence-electron chi connectivity index (χ3n) is 3.35. The van der Waals surface area contributed by atoms with E-state index >= 15 is 0 Å². The molecule has 0 aromatic heterocycles. The molecule has 1 saturated heterocycles. The molecule has 5 nitrogen and oxygen atoms in total. The predicted octanol–water partition coefficient (Wildman–Crippen LogP) is 1.73. The maximum Gasteiger partial charge on any atom is 0.282 e. The number of hydrogen-bond acceptors (Lipinski definition) is 3. The number of piperidine rings is 1. The highest BCUT2D eigenvalue weighted by molar-refractivity contribution is 7.86. The monoisotopic (exact) mass is 273 g/mol. The van der Waals surface area contributed by atoms with Crippen LogP contribution in [-0.2, 0) is 10.2 Å². The molecule has 0 saturated carbocycles. The lowest BCUT2D eigenvalue weighted by atomic mass is 10.1. The van der Waals surface area contributed by atoms with Gasteiger partial charge in [0.15, 0.2) is 0 Å². The van der Waals surface area contributed by atoms with E-state index in [0.29, 0.717) is 6.54 Å². The minimum absolute atomic E-state index is 0.0621. The van der Waals surface area contributed by atoms with Crippen LogP contribution in [0.2, 0.25) is 0 Å². The van der Waals surface area contributed by atoms with E-state index in [4.69, 9.17) is 5.26 Å². The largest absolute Gasteiger partial charge is 0.282 e. The third kappa shape index (κ3) is 3.44. The zero-order valence-electron chi connectivity index (χ0n) is 11.5. The Morgan fingerprint density at radius 1 is 1.44 bits per heavy atom. The zero-order chi connectivity index (χ0) is 13.8. The highest BCUT2D eigenvalue weighted by Crippen LogP contribution is 2.23. The minimum atomic E-state index is -3.43. The van der Waals surface area contributed by atoms with Gasteiger partial charge in [0.25, 0.3) is 10.2 Å². The Bertz CT molecular complexity index is 400. The summed E-state index contributed by atoms with van der Waals surface area (Å²) >= 11 is 0. The quantitative estimate of drug-likeness (QED) is 0.766. The Labute approximate surface area is 111 Å². The van der Waals surface area contributed by atoms with E-state index in [2.05, 4.69) is 0 Å². The highest BCUT2D eigenvalue weighted by atomic mass is 32.2. The first-order chi connectivity index (χ1) is 8.41. The molecule has 0 bridgehead atoms. The van der Waals surface area contributed by atoms with E-state index in [9.17, 15) is 8.42 Å². The van der Waals surface area contributed by atoms with Gasteiger partial charge in [0.05, 0.1) is 6.07 Å². The Hall–Kier alpha value is -0.640. The van der Waals surface area contributed by atoms with Crippen molar-refractivity contribution >= 4 is 10.2 Å². The van der Waals surface area contributed by atoms with E-state index in [1.807, 2.05) is 26.8 Å². The standard InChI is InChI=1S/C12H23N3O2S/c1-11(2)14(10-6-8-13)18(16,17)15-9-5-4-7-12(15)3/h11-12H,4-7,9-10H2,1-3H3. The molecule has 104 valence electrons. The molecule has 18 heavy (non-hydrogen) atoms. The third-order valence-corrected chi connectivity index (χ3v) is 5.69. The number of rotatable bonds is 5. The van der Waals surface area contributed by atoms with Crippen LogP contribution in [0.4, 0.5) is 0 Å². The topological polar surface area (TPSA) is 64.4 Å². The van der Waals surface area contributed by atoms with Gasteiger partial charge in [0.2, 0.25) is 0 Å². The first-order valence-corrected chi connectivity index (χ1v) is 7.96. The van der Waals surface area contributed by atoms with Crippen molar-refractivity contribution in [3.63, 3.8) is 0 Å². The molecule has 0 spiro atoms. The molecule has 1 aliphatic heterocycles. The molecule has 0 amide bonds. The first-order valence-electron chi connectivity index (χ1n) is 6.56. The molecular formula is C12H23N3O2S. The summed E-state index contributed by atoms with van der Waals surface area (Å²) in [6.07, 6.45) is 3.17. The summed E-state index contributed by atoms with van der Waals surface area (Å²) in [4.78, 5) is 0. The number of nitriles is 1. The van der Waals surface area contributed by atoms with Gasteiger partial charge >= 0.3 is 0 Å². The van der Waals surface area contributed by atoms with Crippen LogP contribution in [0.5, 0.6) is 0 Å². The van der Waals surface area contributed by atoms with Crippen molar-refractivity contribution in [3.8, 4) is 6.07 Å². The van der Waals surface area contributed by atoms with E-state index in [0.717, 1.165) is 19.3 Å². The van der Waals surface area contributed by atoms with Gasteiger partial charge < -0.3 is 0 Å². The molecule has 1 rings (SSSR count). The lowest BCUT2D eigenvalue weighted by Gasteiger charge is -2.37. The summed E-state index contributed by atoms with van der Waals surface area (Å²) < 4.78 is 28.2. The van der Waals surface area contributed by atoms with Crippen molar-refractivity contribution in [1.29, 1.82) is 5.26 Å². The molecule has 0 aliphatic carbocycles. The summed E-state index contributed by atoms with van der Waals surface area (Å²) in [5, 5.41) is 8.64. The van der Waals surface area contributed by atoms with Crippen molar-refractivity contribution in [2.75, 3.05) is 13.1 Å². The Morgan fingerprint density at radius 2 is 2.11 bits per heavy atom. The minimum Gasteiger partial charge on any atom is -0.198 e. The summed E-state index contributed by atoms with van der Waals surface area (Å²) in [5.74, 6) is 0. The Balaban J connectivity index is 2.90. The molecule has 6 heteroatoms. The fraction of sp³-hybridized carbons (Fsp3) is 0.917. The molecule has 1 fully saturated rings. The molecular weight excluding hydrogens is 250 g/mol. The number of hydrogen-bond donors (Lipinski definition) is 0. The fourth-order valence-electron chi connectivity index (χ4n) is 2.35. The molecule has 1 unspecified atom stereocenters. The van der Waals surface area contributed by atoms with E-state index < -0.39 is 10.2 Å². The van der Waals surface area contributed by atoms with Crippen molar-refractivity contribution in [3.05, 3.63) is 0 Å². The molecule has 0 aromatic carbocycles. The van der Waals surface area contributed by atoms with Crippen molar-refractivity contribution in [2.45, 2.75) is 58.5 Å². The van der Waals surface area contributed by atoms with Gasteiger partial charge in [-0.2, -0.15) is 22.3 Å². The lowest BCUT2D eigenvalue weighted by molar-refractivity contribution is 0.235. The Kier molecular flexibility index (Phi) is 5.57. The maximum atomic E-state index is 12.6. The van der Waals surface area contributed by atoms with E-state index in [1.165, 1.54) is 4.31 Å². The second-order valence-corrected chi connectivity index (χ2v) is 6.91. The second-order valence-electron chi connectivity index (χ2n) is 5.08. The molecule has 0 N–H and O–H groups in total. The highest BCUT2D eigenvalue weighted by Gasteiger charge is 2.35. The summed E-state index contributed by atoms with van der Waals surface area (Å²) in [6.45, 7) is 6.53. The van der Waals surface area contributed by atoms with Crippen molar-refractivity contribution in [1.82, 2.24) is 8.61 Å². The zero-order valence-corrected chi connectivity index (χ0v) is 12.3. The van der Waals surface area contributed by atoms with Crippen LogP contribution in [0.25, 0.3) is 0 Å². The normalized spacial score (nSPS) is 22.3. The first kappa shape index (κ1) is 15.4. The Morgan fingerprint density at radius 3 is 2.61 bits per heavy atom. The molecule has 0 aromatic rings. The predicted molar refractivity (Wildman–Crippen MR) is 71.0 cm³/mol. The summed E-state index contributed by atoms with van der Waals surface area (Å²) in [6, 6.07) is 1.96. The van der Waals surface area contributed by atoms with E-state index in [-0.39, 0.29) is 25.0 Å². The van der Waals surface area contributed by atoms with Gasteiger partial charge in [0.1, 0.15) is 0 Å². The van der Waals surface area contributed by atoms with Crippen LogP contribution in [0.3, 0.4) is 0 Å². The fourth-order valence-corrected chi connectivity index (χ4v) is 4.39. The van der Waals surface area contributed by atoms with Gasteiger partial charge in [-0.3, -0.25) is 0 Å². The lowest BCUT2D eigenvalue weighted by Crippen LogP contribution is -2.51. The maximum absolute atomic E-state index is 12.6. The smallest absolute Gasteiger partial charge is 0.198 e. The SMILES string of the molecule is CC(C)N(CCC#N)S(=O)(=O)N1CCCCC1C. The number of nitrogens with zero attached hydrogens (tertiary/aromatic N) is 3. The second kappa shape index (κ2) is 6.50. The van der Waals surface area contributed by atoms with Crippen molar-refractivity contribution in [2.24, 2.45) is 0 Å². The molecule has 1 heterocycles. The summed E-state index contributed by atoms with van der Waals surface area (Å²) in [7, 11) is -3.43. The van der Waals surface area contributed by atoms with Crippen LogP contribution in [0.1, 0.15) is 46.5 Å². The molecule has 1 atom stereocenters. The van der Waals surface area contributed by atoms with Crippen LogP contribution in [0, 0.1) is 11.3 Å². The van der Waals surface area contributed by atoms with Crippen LogP contribution in [0.15, 0.2) is 0 Å². The van der Waals surface area contributed by atoms with Crippen molar-refractivity contribution < 1.29 is 8.42 Å². The average molecular weight is 273 g/mol. The van der Waals surface area contributed by atoms with Crippen LogP contribution >= 0.6 is 0 Å².